The summed E-state index contributed by atoms with van der Waals surface area (Å²) in [5.74, 6) is -5.10. The molecule has 4 N–H and O–H groups in total. The fourth-order valence-electron chi connectivity index (χ4n) is 5.99. The first kappa shape index (κ1) is 28.3. The molecule has 0 radical (unpaired) electrons. The molecule has 0 aliphatic heterocycles. The van der Waals surface area contributed by atoms with Gasteiger partial charge >= 0.3 is 0 Å². The van der Waals surface area contributed by atoms with Crippen LogP contribution in [0.4, 0.5) is 18.9 Å². The van der Waals surface area contributed by atoms with Crippen LogP contribution in [-0.2, 0) is 9.84 Å². The number of benzene rings is 2. The van der Waals surface area contributed by atoms with Crippen molar-refractivity contribution in [1.82, 2.24) is 0 Å². The lowest BCUT2D eigenvalue weighted by Crippen LogP contribution is -2.54. The van der Waals surface area contributed by atoms with Crippen LogP contribution in [0.15, 0.2) is 59.6 Å². The molecule has 1 aromatic heterocycles. The van der Waals surface area contributed by atoms with E-state index in [1.54, 1.807) is 0 Å². The Morgan fingerprint density at radius 2 is 1.70 bits per heavy atom. The van der Waals surface area contributed by atoms with Crippen LogP contribution in [0.2, 0.25) is 5.02 Å². The van der Waals surface area contributed by atoms with Gasteiger partial charge in [-0.05, 0) is 73.9 Å². The first-order chi connectivity index (χ1) is 18.8. The predicted molar refractivity (Wildman–Crippen MR) is 136 cm³/mol. The SMILES string of the molecule is O=C(Nc1ccc(F)c(F)c1)c1ccc(Cl)c(S(=O)(=O)C2CC3CCC(C2)C3(O)C(O)c2ccc(F)c[n+]2O)c1. The molecule has 1 amide bonds. The van der Waals surface area contributed by atoms with Crippen molar-refractivity contribution < 1.29 is 46.5 Å². The van der Waals surface area contributed by atoms with Gasteiger partial charge in [-0.15, -0.1) is 0 Å². The van der Waals surface area contributed by atoms with Crippen molar-refractivity contribution in [2.24, 2.45) is 11.8 Å². The third kappa shape index (κ3) is 4.83. The number of sulfone groups is 1. The number of fused-ring (bicyclic) bond motifs is 2. The van der Waals surface area contributed by atoms with Gasteiger partial charge in [-0.25, -0.2) is 21.6 Å². The lowest BCUT2D eigenvalue weighted by atomic mass is 9.70. The number of aromatic nitrogens is 1. The summed E-state index contributed by atoms with van der Waals surface area (Å²) in [6.07, 6.45) is -0.0762. The normalized spacial score (nSPS) is 25.0. The van der Waals surface area contributed by atoms with Crippen molar-refractivity contribution in [2.45, 2.75) is 47.5 Å². The first-order valence-corrected chi connectivity index (χ1v) is 14.4. The Kier molecular flexibility index (Phi) is 7.32. The Balaban J connectivity index is 1.39. The molecule has 2 aliphatic rings. The smallest absolute Gasteiger partial charge is 0.265 e. The molecule has 212 valence electrons. The van der Waals surface area contributed by atoms with Crippen molar-refractivity contribution >= 4 is 33.0 Å². The molecule has 5 rings (SSSR count). The van der Waals surface area contributed by atoms with Crippen molar-refractivity contribution in [2.75, 3.05) is 5.32 Å². The number of pyridine rings is 1. The fraction of sp³-hybridized carbons (Fsp3) is 0.333. The molecule has 0 saturated heterocycles. The molecule has 2 bridgehead atoms. The summed E-state index contributed by atoms with van der Waals surface area (Å²) < 4.78 is 68.1. The van der Waals surface area contributed by atoms with Crippen LogP contribution in [0, 0.1) is 29.3 Å². The lowest BCUT2D eigenvalue weighted by Gasteiger charge is -2.44. The second-order valence-electron chi connectivity index (χ2n) is 10.2. The van der Waals surface area contributed by atoms with Crippen LogP contribution in [0.1, 0.15) is 47.8 Å². The van der Waals surface area contributed by atoms with Crippen molar-refractivity contribution in [3.63, 3.8) is 0 Å². The number of nitrogens with one attached hydrogen (secondary N) is 1. The highest BCUT2D eigenvalue weighted by molar-refractivity contribution is 7.92. The molecule has 2 aromatic carbocycles. The minimum absolute atomic E-state index is 0.0272. The number of hydrogen-bond acceptors (Lipinski definition) is 6. The average molecular weight is 598 g/mol. The van der Waals surface area contributed by atoms with Crippen molar-refractivity contribution in [3.05, 3.63) is 88.5 Å². The molecule has 2 fully saturated rings. The largest absolute Gasteiger partial charge is 0.386 e. The van der Waals surface area contributed by atoms with Gasteiger partial charge in [0.25, 0.3) is 17.8 Å². The van der Waals surface area contributed by atoms with Crippen molar-refractivity contribution in [1.29, 1.82) is 0 Å². The fourth-order valence-corrected chi connectivity index (χ4v) is 8.39. The number of nitrogens with zero attached hydrogens (tertiary/aromatic N) is 1. The second-order valence-corrected chi connectivity index (χ2v) is 12.8. The highest BCUT2D eigenvalue weighted by atomic mass is 35.5. The number of rotatable bonds is 6. The van der Waals surface area contributed by atoms with E-state index in [0.717, 1.165) is 42.6 Å². The third-order valence-corrected chi connectivity index (χ3v) is 10.7. The van der Waals surface area contributed by atoms with Gasteiger partial charge in [0.2, 0.25) is 0 Å². The zero-order chi connectivity index (χ0) is 29.0. The first-order valence-electron chi connectivity index (χ1n) is 12.4. The van der Waals surface area contributed by atoms with Gasteiger partial charge in [0, 0.05) is 28.1 Å². The minimum Gasteiger partial charge on any atom is -0.386 e. The summed E-state index contributed by atoms with van der Waals surface area (Å²) in [5.41, 5.74) is -2.01. The Morgan fingerprint density at radius 1 is 1.02 bits per heavy atom. The summed E-state index contributed by atoms with van der Waals surface area (Å²) in [5, 5.41) is 34.0. The number of carbonyl (C=O) groups excluding carboxylic acids is 1. The Labute approximate surface area is 232 Å². The molecular weight excluding hydrogens is 573 g/mol. The van der Waals surface area contributed by atoms with Gasteiger partial charge < -0.3 is 15.5 Å². The monoisotopic (exact) mass is 597 g/mol. The Morgan fingerprint density at radius 3 is 2.33 bits per heavy atom. The van der Waals surface area contributed by atoms with E-state index in [9.17, 15) is 41.8 Å². The van der Waals surface area contributed by atoms with Gasteiger partial charge in [-0.3, -0.25) is 10.0 Å². The topological polar surface area (TPSA) is 128 Å². The summed E-state index contributed by atoms with van der Waals surface area (Å²) in [6.45, 7) is 0. The highest BCUT2D eigenvalue weighted by Gasteiger charge is 2.61. The van der Waals surface area contributed by atoms with E-state index in [4.69, 9.17) is 11.6 Å². The molecular formula is C27H25ClF3N2O6S+. The molecule has 13 heteroatoms. The van der Waals surface area contributed by atoms with Crippen LogP contribution < -0.4 is 10.0 Å². The average Bonchev–Trinajstić information content (AvgIpc) is 3.06. The van der Waals surface area contributed by atoms with E-state index in [1.165, 1.54) is 12.1 Å². The zero-order valence-corrected chi connectivity index (χ0v) is 22.3. The van der Waals surface area contributed by atoms with Crippen LogP contribution in [0.3, 0.4) is 0 Å². The maximum Gasteiger partial charge on any atom is 0.265 e. The number of aliphatic hydroxyl groups is 2. The van der Waals surface area contributed by atoms with Gasteiger partial charge in [0.05, 0.1) is 15.2 Å². The van der Waals surface area contributed by atoms with Gasteiger partial charge in [0.1, 0.15) is 5.60 Å². The number of hydrogen-bond donors (Lipinski definition) is 4. The van der Waals surface area contributed by atoms with Gasteiger partial charge in [-0.2, -0.15) is 0 Å². The summed E-state index contributed by atoms with van der Waals surface area (Å²) in [4.78, 5) is 12.5. The van der Waals surface area contributed by atoms with E-state index >= 15 is 0 Å². The molecule has 40 heavy (non-hydrogen) atoms. The van der Waals surface area contributed by atoms with E-state index in [2.05, 4.69) is 5.32 Å². The summed E-state index contributed by atoms with van der Waals surface area (Å²) in [7, 11) is -4.13. The zero-order valence-electron chi connectivity index (χ0n) is 20.8. The summed E-state index contributed by atoms with van der Waals surface area (Å²) in [6, 6.07) is 8.62. The van der Waals surface area contributed by atoms with Crippen LogP contribution in [-0.4, -0.2) is 40.6 Å². The quantitative estimate of drug-likeness (QED) is 0.252. The van der Waals surface area contributed by atoms with Crippen LogP contribution in [0.25, 0.3) is 0 Å². The summed E-state index contributed by atoms with van der Waals surface area (Å²) >= 11 is 6.26. The predicted octanol–water partition coefficient (Wildman–Crippen LogP) is 3.96. The standard InChI is InChI=1S/C27H24ClF3N2O6S/c28-20-6-1-14(26(35)32-18-5-7-21(30)22(31)12-18)9-24(20)40(38,39)19-10-15-2-3-16(11-19)27(15,36)25(34)23-8-4-17(29)13-33(23)37/h1,4-9,12-13,15-16,19,25,34,36H,2-3,10-11H2,(H-,32,35,37)/p+1. The van der Waals surface area contributed by atoms with E-state index < -0.39 is 62.0 Å². The molecule has 2 saturated carbocycles. The maximum atomic E-state index is 13.7. The molecule has 3 unspecified atom stereocenters. The number of anilines is 1. The lowest BCUT2D eigenvalue weighted by molar-refractivity contribution is -0.912. The maximum absolute atomic E-state index is 13.7. The molecule has 1 heterocycles. The number of amides is 1. The minimum atomic E-state index is -4.13. The van der Waals surface area contributed by atoms with E-state index in [0.29, 0.717) is 17.6 Å². The second kappa shape index (κ2) is 10.3. The van der Waals surface area contributed by atoms with Crippen LogP contribution in [0.5, 0.6) is 0 Å². The Bertz CT molecular complexity index is 1590. The van der Waals surface area contributed by atoms with Gasteiger partial charge in [-0.1, -0.05) is 11.6 Å². The van der Waals surface area contributed by atoms with E-state index in [1.807, 2.05) is 0 Å². The number of carbonyl (C=O) groups is 1. The van der Waals surface area contributed by atoms with E-state index in [-0.39, 0.29) is 39.7 Å². The Hall–Kier alpha value is -3.19. The highest BCUT2D eigenvalue weighted by Crippen LogP contribution is 2.56. The van der Waals surface area contributed by atoms with Gasteiger partial charge in [0.15, 0.2) is 33.4 Å². The van der Waals surface area contributed by atoms with Crippen LogP contribution >= 0.6 is 11.6 Å². The molecule has 2 aliphatic carbocycles. The van der Waals surface area contributed by atoms with Crippen molar-refractivity contribution in [3.8, 4) is 0 Å². The third-order valence-electron chi connectivity index (χ3n) is 8.02. The molecule has 0 spiro atoms. The molecule has 8 nitrogen and oxygen atoms in total. The number of aliphatic hydroxyl groups excluding tert-OH is 1. The number of halogens is 4. The molecule has 3 atom stereocenters. The molecule has 3 aromatic rings.